The second kappa shape index (κ2) is 10.6. The van der Waals surface area contributed by atoms with Crippen LogP contribution in [-0.2, 0) is 11.3 Å². The van der Waals surface area contributed by atoms with Gasteiger partial charge in [0.05, 0.1) is 0 Å². The maximum Gasteiger partial charge on any atom is 0.387 e. The monoisotopic (exact) mass is 373 g/mol. The van der Waals surface area contributed by atoms with Gasteiger partial charge in [0.15, 0.2) is 17.5 Å². The fourth-order valence-corrected chi connectivity index (χ4v) is 2.46. The zero-order valence-corrected chi connectivity index (χ0v) is 15.0. The molecule has 0 radical (unpaired) electrons. The summed E-state index contributed by atoms with van der Waals surface area (Å²) < 4.78 is 45.4. The number of halogens is 2. The Morgan fingerprint density at radius 3 is 2.65 bits per heavy atom. The molecule has 0 amide bonds. The molecule has 0 fully saturated rings. The summed E-state index contributed by atoms with van der Waals surface area (Å²) in [6, 6.07) is 3.04. The van der Waals surface area contributed by atoms with Crippen LogP contribution >= 0.6 is 0 Å². The molecule has 0 aliphatic carbocycles. The highest BCUT2D eigenvalue weighted by atomic mass is 19.3. The third-order valence-electron chi connectivity index (χ3n) is 3.76. The summed E-state index contributed by atoms with van der Waals surface area (Å²) in [5.74, 6) is 1.52. The van der Waals surface area contributed by atoms with E-state index in [1.165, 1.54) is 6.07 Å². The molecule has 0 aromatic heterocycles. The molecule has 1 aromatic rings. The number of ether oxygens (including phenoxy) is 4. The van der Waals surface area contributed by atoms with Crippen molar-refractivity contribution in [2.45, 2.75) is 32.4 Å². The number of alkyl halides is 2. The quantitative estimate of drug-likeness (QED) is 0.373. The molecular formula is C17H25F2N3O4. The third-order valence-corrected chi connectivity index (χ3v) is 3.76. The van der Waals surface area contributed by atoms with Crippen LogP contribution in [0.5, 0.6) is 17.2 Å². The highest BCUT2D eigenvalue weighted by molar-refractivity contribution is 5.79. The van der Waals surface area contributed by atoms with Gasteiger partial charge in [0.1, 0.15) is 5.75 Å². The lowest BCUT2D eigenvalue weighted by molar-refractivity contribution is -0.0505. The van der Waals surface area contributed by atoms with Crippen molar-refractivity contribution in [1.82, 2.24) is 10.6 Å². The summed E-state index contributed by atoms with van der Waals surface area (Å²) in [7, 11) is 3.34. The van der Waals surface area contributed by atoms with Gasteiger partial charge in [-0.3, -0.25) is 4.99 Å². The number of methoxy groups -OCH3 is 1. The SMILES string of the molecule is CN=C(NCCCCCOC)NCc1cc2c(cc1OC(F)F)OCO2. The molecule has 2 rings (SSSR count). The first-order chi connectivity index (χ1) is 12.6. The van der Waals surface area contributed by atoms with E-state index in [1.54, 1.807) is 20.2 Å². The molecule has 1 heterocycles. The van der Waals surface area contributed by atoms with Crippen molar-refractivity contribution in [2.24, 2.45) is 4.99 Å². The Bertz CT molecular complexity index is 600. The van der Waals surface area contributed by atoms with E-state index in [0.717, 1.165) is 32.4 Å². The van der Waals surface area contributed by atoms with Crippen molar-refractivity contribution in [1.29, 1.82) is 0 Å². The zero-order valence-electron chi connectivity index (χ0n) is 15.0. The van der Waals surface area contributed by atoms with Gasteiger partial charge >= 0.3 is 6.61 Å². The minimum Gasteiger partial charge on any atom is -0.454 e. The third kappa shape index (κ3) is 6.21. The molecule has 1 aliphatic rings. The highest BCUT2D eigenvalue weighted by Crippen LogP contribution is 2.38. The van der Waals surface area contributed by atoms with Crippen molar-refractivity contribution in [3.63, 3.8) is 0 Å². The smallest absolute Gasteiger partial charge is 0.387 e. The lowest BCUT2D eigenvalue weighted by Gasteiger charge is -2.15. The minimum absolute atomic E-state index is 0.0479. The average Bonchev–Trinajstić information content (AvgIpc) is 3.07. The topological polar surface area (TPSA) is 73.3 Å². The van der Waals surface area contributed by atoms with Crippen LogP contribution in [0.1, 0.15) is 24.8 Å². The van der Waals surface area contributed by atoms with Crippen molar-refractivity contribution in [3.05, 3.63) is 17.7 Å². The summed E-state index contributed by atoms with van der Waals surface area (Å²) in [4.78, 5) is 4.13. The fourth-order valence-electron chi connectivity index (χ4n) is 2.46. The Balaban J connectivity index is 1.88. The molecule has 2 N–H and O–H groups in total. The standard InChI is InChI=1S/C17H25F2N3O4/c1-20-17(21-6-4-3-5-7-23-2)22-10-12-8-14-15(25-11-24-14)9-13(12)26-16(18)19/h8-9,16H,3-7,10-11H2,1-2H3,(H2,20,21,22). The number of nitrogens with one attached hydrogen (secondary N) is 2. The van der Waals surface area contributed by atoms with E-state index in [-0.39, 0.29) is 19.1 Å². The summed E-state index contributed by atoms with van der Waals surface area (Å²) in [6.45, 7) is -1.09. The van der Waals surface area contributed by atoms with Crippen molar-refractivity contribution in [2.75, 3.05) is 34.1 Å². The van der Waals surface area contributed by atoms with E-state index >= 15 is 0 Å². The predicted octanol–water partition coefficient (Wildman–Crippen LogP) is 2.50. The van der Waals surface area contributed by atoms with Crippen LogP contribution in [0.25, 0.3) is 0 Å². The van der Waals surface area contributed by atoms with E-state index in [1.807, 2.05) is 0 Å². The van der Waals surface area contributed by atoms with Crippen LogP contribution in [0.4, 0.5) is 8.78 Å². The maximum atomic E-state index is 12.7. The van der Waals surface area contributed by atoms with Crippen molar-refractivity contribution in [3.8, 4) is 17.2 Å². The largest absolute Gasteiger partial charge is 0.454 e. The molecule has 0 atom stereocenters. The predicted molar refractivity (Wildman–Crippen MR) is 93.1 cm³/mol. The number of aliphatic imine (C=N–C) groups is 1. The molecule has 146 valence electrons. The molecule has 7 nitrogen and oxygen atoms in total. The van der Waals surface area contributed by atoms with Crippen molar-refractivity contribution >= 4 is 5.96 Å². The molecule has 0 spiro atoms. The second-order valence-corrected chi connectivity index (χ2v) is 5.60. The normalized spacial score (nSPS) is 13.2. The van der Waals surface area contributed by atoms with Crippen molar-refractivity contribution < 1.29 is 27.7 Å². The van der Waals surface area contributed by atoms with Crippen LogP contribution in [0.15, 0.2) is 17.1 Å². The summed E-state index contributed by atoms with van der Waals surface area (Å²) in [5, 5.41) is 6.27. The number of hydrogen-bond donors (Lipinski definition) is 2. The van der Waals surface area contributed by atoms with Gasteiger partial charge in [-0.1, -0.05) is 0 Å². The first-order valence-electron chi connectivity index (χ1n) is 8.44. The van der Waals surface area contributed by atoms with Gasteiger partial charge in [0, 0.05) is 45.5 Å². The minimum atomic E-state index is -2.92. The van der Waals surface area contributed by atoms with Gasteiger partial charge in [-0.2, -0.15) is 8.78 Å². The summed E-state index contributed by atoms with van der Waals surface area (Å²) in [5.41, 5.74) is 0.526. The fraction of sp³-hybridized carbons (Fsp3) is 0.588. The summed E-state index contributed by atoms with van der Waals surface area (Å²) in [6.07, 6.45) is 3.04. The first kappa shape index (κ1) is 20.0. The highest BCUT2D eigenvalue weighted by Gasteiger charge is 2.20. The molecule has 0 saturated heterocycles. The molecule has 0 unspecified atom stereocenters. The Labute approximate surface area is 151 Å². The van der Waals surface area contributed by atoms with E-state index < -0.39 is 6.61 Å². The van der Waals surface area contributed by atoms with Gasteiger partial charge in [-0.05, 0) is 25.3 Å². The maximum absolute atomic E-state index is 12.7. The number of nitrogens with zero attached hydrogens (tertiary/aromatic N) is 1. The van der Waals surface area contributed by atoms with E-state index in [0.29, 0.717) is 23.0 Å². The molecule has 26 heavy (non-hydrogen) atoms. The van der Waals surface area contributed by atoms with Gasteiger partial charge in [-0.25, -0.2) is 0 Å². The molecule has 1 aliphatic heterocycles. The zero-order chi connectivity index (χ0) is 18.8. The molecule has 9 heteroatoms. The average molecular weight is 373 g/mol. The lowest BCUT2D eigenvalue weighted by Crippen LogP contribution is -2.37. The lowest BCUT2D eigenvalue weighted by atomic mass is 10.1. The Morgan fingerprint density at radius 1 is 1.19 bits per heavy atom. The van der Waals surface area contributed by atoms with Crippen LogP contribution in [0, 0.1) is 0 Å². The van der Waals surface area contributed by atoms with Gasteiger partial charge < -0.3 is 29.6 Å². The second-order valence-electron chi connectivity index (χ2n) is 5.60. The Morgan fingerprint density at radius 2 is 1.96 bits per heavy atom. The molecule has 0 bridgehead atoms. The molecule has 0 saturated carbocycles. The van der Waals surface area contributed by atoms with Crippen LogP contribution in [0.3, 0.4) is 0 Å². The van der Waals surface area contributed by atoms with E-state index in [4.69, 9.17) is 14.2 Å². The number of rotatable bonds is 10. The number of unbranched alkanes of at least 4 members (excludes halogenated alkanes) is 2. The first-order valence-corrected chi connectivity index (χ1v) is 8.44. The van der Waals surface area contributed by atoms with E-state index in [9.17, 15) is 8.78 Å². The number of guanidine groups is 1. The van der Waals surface area contributed by atoms with E-state index in [2.05, 4.69) is 20.4 Å². The molecule has 1 aromatic carbocycles. The van der Waals surface area contributed by atoms with Crippen LogP contribution in [0.2, 0.25) is 0 Å². The van der Waals surface area contributed by atoms with Gasteiger partial charge in [-0.15, -0.1) is 0 Å². The molecular weight excluding hydrogens is 348 g/mol. The Hall–Kier alpha value is -2.29. The van der Waals surface area contributed by atoms with Gasteiger partial charge in [0.25, 0.3) is 0 Å². The number of hydrogen-bond acceptors (Lipinski definition) is 5. The Kier molecular flexibility index (Phi) is 8.20. The number of benzene rings is 1. The van der Waals surface area contributed by atoms with Gasteiger partial charge in [0.2, 0.25) is 6.79 Å². The van der Waals surface area contributed by atoms with Crippen LogP contribution in [-0.4, -0.2) is 46.7 Å². The number of fused-ring (bicyclic) bond motifs is 1. The summed E-state index contributed by atoms with van der Waals surface area (Å²) >= 11 is 0. The van der Waals surface area contributed by atoms with Crippen LogP contribution < -0.4 is 24.8 Å².